The minimum Gasteiger partial charge on any atom is -0.502 e. The Bertz CT molecular complexity index is 1050. The largest absolute Gasteiger partial charge is 0.502 e. The summed E-state index contributed by atoms with van der Waals surface area (Å²) in [6.45, 7) is 1.93. The number of nitro groups is 1. The maximum absolute atomic E-state index is 12.3. The fourth-order valence-electron chi connectivity index (χ4n) is 3.05. The Kier molecular flexibility index (Phi) is 6.67. The Balaban J connectivity index is 1.73. The van der Waals surface area contributed by atoms with E-state index < -0.39 is 28.4 Å². The number of anilines is 1. The molecule has 0 saturated heterocycles. The van der Waals surface area contributed by atoms with Crippen molar-refractivity contribution in [3.05, 3.63) is 48.3 Å². The Morgan fingerprint density at radius 2 is 2.20 bits per heavy atom. The number of esters is 1. The fourth-order valence-corrected chi connectivity index (χ4v) is 4.78. The maximum atomic E-state index is 12.3. The first-order valence-electron chi connectivity index (χ1n) is 8.90. The summed E-state index contributed by atoms with van der Waals surface area (Å²) in [4.78, 5) is 35.8. The van der Waals surface area contributed by atoms with E-state index in [9.17, 15) is 24.8 Å². The Morgan fingerprint density at radius 3 is 2.90 bits per heavy atom. The summed E-state index contributed by atoms with van der Waals surface area (Å²) in [6, 6.07) is 1.86. The number of hydrogen-bond donors (Lipinski definition) is 3. The van der Waals surface area contributed by atoms with Crippen LogP contribution in [-0.4, -0.2) is 34.9 Å². The van der Waals surface area contributed by atoms with Gasteiger partial charge in [0.2, 0.25) is 5.75 Å². The molecule has 30 heavy (non-hydrogen) atoms. The fraction of sp³-hybridized carbons (Fsp3) is 0.278. The summed E-state index contributed by atoms with van der Waals surface area (Å²) < 4.78 is 5.47. The highest BCUT2D eigenvalue weighted by molar-refractivity contribution is 9.10. The topological polar surface area (TPSA) is 143 Å². The van der Waals surface area contributed by atoms with E-state index in [0.717, 1.165) is 42.0 Å². The summed E-state index contributed by atoms with van der Waals surface area (Å²) in [5.41, 5.74) is 3.03. The number of ether oxygens (including phenoxy) is 1. The number of nitrogens with one attached hydrogen (secondary N) is 2. The third-order valence-corrected chi connectivity index (χ3v) is 5.94. The van der Waals surface area contributed by atoms with Crippen LogP contribution < -0.4 is 10.7 Å². The van der Waals surface area contributed by atoms with Crippen molar-refractivity contribution in [3.8, 4) is 5.75 Å². The van der Waals surface area contributed by atoms with Crippen LogP contribution in [0.4, 0.5) is 15.5 Å². The van der Waals surface area contributed by atoms with Gasteiger partial charge in [-0.05, 0) is 37.8 Å². The first-order chi connectivity index (χ1) is 14.3. The van der Waals surface area contributed by atoms with Gasteiger partial charge in [0.05, 0.1) is 23.3 Å². The highest BCUT2D eigenvalue weighted by atomic mass is 79.9. The van der Waals surface area contributed by atoms with Gasteiger partial charge in [-0.3, -0.25) is 15.4 Å². The molecule has 2 amide bonds. The number of aryl methyl sites for hydroxylation is 1. The third-order valence-electron chi connectivity index (χ3n) is 4.28. The molecule has 158 valence electrons. The number of fused-ring (bicyclic) bond motifs is 1. The highest BCUT2D eigenvalue weighted by Crippen LogP contribution is 2.39. The molecule has 3 rings (SSSR count). The van der Waals surface area contributed by atoms with E-state index in [1.54, 1.807) is 6.92 Å². The first-order valence-corrected chi connectivity index (χ1v) is 10.5. The molecule has 0 fully saturated rings. The number of urea groups is 1. The number of hydrogen-bond acceptors (Lipinski definition) is 8. The molecule has 0 spiro atoms. The van der Waals surface area contributed by atoms with Crippen molar-refractivity contribution in [1.29, 1.82) is 0 Å². The number of rotatable bonds is 6. The van der Waals surface area contributed by atoms with Gasteiger partial charge in [0, 0.05) is 21.0 Å². The van der Waals surface area contributed by atoms with Crippen molar-refractivity contribution in [1.82, 2.24) is 5.43 Å². The molecule has 0 unspecified atom stereocenters. The van der Waals surface area contributed by atoms with E-state index >= 15 is 0 Å². The number of aromatic hydroxyl groups is 1. The predicted octanol–water partition coefficient (Wildman–Crippen LogP) is 3.95. The molecule has 0 saturated carbocycles. The van der Waals surface area contributed by atoms with E-state index in [0.29, 0.717) is 15.0 Å². The summed E-state index contributed by atoms with van der Waals surface area (Å²) in [5.74, 6) is -1.06. The van der Waals surface area contributed by atoms with Crippen LogP contribution in [0.3, 0.4) is 0 Å². The van der Waals surface area contributed by atoms with Crippen molar-refractivity contribution in [2.24, 2.45) is 5.10 Å². The number of nitrogens with zero attached hydrogens (tertiary/aromatic N) is 2. The summed E-state index contributed by atoms with van der Waals surface area (Å²) in [7, 11) is 0. The molecule has 0 bridgehead atoms. The lowest BCUT2D eigenvalue weighted by atomic mass is 10.1. The molecule has 3 N–H and O–H groups in total. The summed E-state index contributed by atoms with van der Waals surface area (Å²) in [6.07, 6.45) is 3.62. The van der Waals surface area contributed by atoms with Crippen molar-refractivity contribution in [2.45, 2.75) is 26.2 Å². The van der Waals surface area contributed by atoms with E-state index in [-0.39, 0.29) is 12.2 Å². The Hall–Kier alpha value is -2.99. The van der Waals surface area contributed by atoms with Crippen LogP contribution in [0.15, 0.2) is 21.7 Å². The normalized spacial score (nSPS) is 12.6. The van der Waals surface area contributed by atoms with Gasteiger partial charge in [-0.25, -0.2) is 15.0 Å². The number of phenols is 1. The van der Waals surface area contributed by atoms with Gasteiger partial charge in [-0.15, -0.1) is 11.3 Å². The van der Waals surface area contributed by atoms with Crippen molar-refractivity contribution < 1.29 is 24.4 Å². The van der Waals surface area contributed by atoms with Crippen LogP contribution >= 0.6 is 27.3 Å². The van der Waals surface area contributed by atoms with Gasteiger partial charge in [0.25, 0.3) is 0 Å². The second-order valence-corrected chi connectivity index (χ2v) is 8.25. The molecule has 10 nitrogen and oxygen atoms in total. The number of carbonyl (C=O) groups is 2. The van der Waals surface area contributed by atoms with Gasteiger partial charge < -0.3 is 9.84 Å². The number of hydrazone groups is 1. The molecule has 0 aliphatic heterocycles. The molecular formula is C18H17BrN4O6S. The predicted molar refractivity (Wildman–Crippen MR) is 115 cm³/mol. The average Bonchev–Trinajstić information content (AvgIpc) is 3.24. The van der Waals surface area contributed by atoms with Gasteiger partial charge in [-0.2, -0.15) is 5.10 Å². The molecule has 1 aliphatic carbocycles. The van der Waals surface area contributed by atoms with Crippen LogP contribution in [-0.2, 0) is 17.6 Å². The van der Waals surface area contributed by atoms with Crippen molar-refractivity contribution in [2.75, 3.05) is 11.9 Å². The number of halogens is 1. The zero-order chi connectivity index (χ0) is 21.8. The number of thiophene rings is 1. The van der Waals surface area contributed by atoms with Crippen LogP contribution in [0.1, 0.15) is 39.7 Å². The van der Waals surface area contributed by atoms with Crippen LogP contribution in [0.25, 0.3) is 0 Å². The first kappa shape index (κ1) is 21.7. The molecule has 0 atom stereocenters. The van der Waals surface area contributed by atoms with Crippen LogP contribution in [0, 0.1) is 10.1 Å². The quantitative estimate of drug-likeness (QED) is 0.239. The molecule has 2 aromatic rings. The van der Waals surface area contributed by atoms with E-state index in [1.807, 2.05) is 0 Å². The number of amides is 2. The molecular weight excluding hydrogens is 480 g/mol. The zero-order valence-corrected chi connectivity index (χ0v) is 18.1. The second kappa shape index (κ2) is 9.22. The lowest BCUT2D eigenvalue weighted by Gasteiger charge is -2.07. The number of phenolic OH excluding ortho intramolecular Hbond substituents is 1. The summed E-state index contributed by atoms with van der Waals surface area (Å²) >= 11 is 4.44. The van der Waals surface area contributed by atoms with E-state index in [4.69, 9.17) is 4.74 Å². The molecule has 1 heterocycles. The molecule has 1 aliphatic rings. The molecule has 1 aromatic heterocycles. The zero-order valence-electron chi connectivity index (χ0n) is 15.7. The van der Waals surface area contributed by atoms with Crippen molar-refractivity contribution in [3.63, 3.8) is 0 Å². The average molecular weight is 497 g/mol. The SMILES string of the molecule is CCOC(=O)c1c(NC(=O)N/N=C\c2cc(Br)cc([N+](=O)[O-])c2O)sc2c1CCC2. The lowest BCUT2D eigenvalue weighted by molar-refractivity contribution is -0.385. The van der Waals surface area contributed by atoms with E-state index in [2.05, 4.69) is 31.8 Å². The second-order valence-electron chi connectivity index (χ2n) is 6.23. The van der Waals surface area contributed by atoms with Gasteiger partial charge in [0.1, 0.15) is 5.00 Å². The van der Waals surface area contributed by atoms with Gasteiger partial charge in [0.15, 0.2) is 0 Å². The molecule has 12 heteroatoms. The van der Waals surface area contributed by atoms with Gasteiger partial charge >= 0.3 is 17.7 Å². The number of nitro benzene ring substituents is 1. The Labute approximate surface area is 183 Å². The smallest absolute Gasteiger partial charge is 0.341 e. The summed E-state index contributed by atoms with van der Waals surface area (Å²) in [5, 5.41) is 27.6. The minimum atomic E-state index is -0.732. The molecule has 1 aromatic carbocycles. The van der Waals surface area contributed by atoms with E-state index in [1.165, 1.54) is 17.4 Å². The number of benzene rings is 1. The van der Waals surface area contributed by atoms with Crippen LogP contribution in [0.2, 0.25) is 0 Å². The standard InChI is InChI=1S/C18H17BrN4O6S/c1-2-29-17(25)14-11-4-3-5-13(11)30-16(14)21-18(26)22-20-8-9-6-10(19)7-12(15(9)24)23(27)28/h6-8,24H,2-5H2,1H3,(H2,21,22,26)/b20-8-. The third kappa shape index (κ3) is 4.60. The monoisotopic (exact) mass is 496 g/mol. The highest BCUT2D eigenvalue weighted by Gasteiger charge is 2.28. The van der Waals surface area contributed by atoms with Crippen LogP contribution in [0.5, 0.6) is 5.75 Å². The van der Waals surface area contributed by atoms with Crippen molar-refractivity contribution >= 4 is 56.2 Å². The molecule has 0 radical (unpaired) electrons. The lowest BCUT2D eigenvalue weighted by Crippen LogP contribution is -2.25. The van der Waals surface area contributed by atoms with Gasteiger partial charge in [-0.1, -0.05) is 15.9 Å². The Morgan fingerprint density at radius 1 is 1.43 bits per heavy atom. The maximum Gasteiger partial charge on any atom is 0.341 e. The minimum absolute atomic E-state index is 0.0405. The number of carbonyl (C=O) groups excluding carboxylic acids is 2.